The third-order valence-corrected chi connectivity index (χ3v) is 3.62. The van der Waals surface area contributed by atoms with Crippen LogP contribution in [0.5, 0.6) is 5.75 Å². The topological polar surface area (TPSA) is 18.5 Å². The van der Waals surface area contributed by atoms with Crippen molar-refractivity contribution in [3.05, 3.63) is 65.7 Å². The van der Waals surface area contributed by atoms with E-state index >= 15 is 0 Å². The second-order valence-electron chi connectivity index (χ2n) is 5.32. The van der Waals surface area contributed by atoms with E-state index in [1.807, 2.05) is 30.3 Å². The van der Waals surface area contributed by atoms with Crippen LogP contribution in [-0.4, -0.2) is 13.2 Å². The highest BCUT2D eigenvalue weighted by Gasteiger charge is 2.37. The summed E-state index contributed by atoms with van der Waals surface area (Å²) in [5, 5.41) is 0. The summed E-state index contributed by atoms with van der Waals surface area (Å²) in [5.41, 5.74) is 2.54. The van der Waals surface area contributed by atoms with E-state index in [0.717, 1.165) is 19.0 Å². The van der Waals surface area contributed by atoms with Gasteiger partial charge in [0.25, 0.3) is 0 Å². The molecule has 19 heavy (non-hydrogen) atoms. The summed E-state index contributed by atoms with van der Waals surface area (Å²) in [6.07, 6.45) is 0. The maximum atomic E-state index is 5.99. The Kier molecular flexibility index (Phi) is 3.26. The lowest BCUT2D eigenvalue weighted by Gasteiger charge is -2.39. The van der Waals surface area contributed by atoms with Gasteiger partial charge in [-0.05, 0) is 11.6 Å². The minimum Gasteiger partial charge on any atom is -0.489 e. The van der Waals surface area contributed by atoms with Crippen LogP contribution in [0.15, 0.2) is 54.6 Å². The van der Waals surface area contributed by atoms with Crippen LogP contribution in [0, 0.1) is 0 Å². The van der Waals surface area contributed by atoms with E-state index in [0.29, 0.717) is 6.61 Å². The van der Waals surface area contributed by atoms with Gasteiger partial charge in [0.15, 0.2) is 0 Å². The lowest BCUT2D eigenvalue weighted by atomic mass is 9.80. The fourth-order valence-electron chi connectivity index (χ4n) is 2.39. The van der Waals surface area contributed by atoms with Crippen molar-refractivity contribution in [3.63, 3.8) is 0 Å². The molecule has 0 N–H and O–H groups in total. The van der Waals surface area contributed by atoms with E-state index in [4.69, 9.17) is 9.47 Å². The van der Waals surface area contributed by atoms with Crippen molar-refractivity contribution in [1.29, 1.82) is 0 Å². The van der Waals surface area contributed by atoms with Crippen LogP contribution in [0.4, 0.5) is 0 Å². The molecule has 1 aliphatic rings. The van der Waals surface area contributed by atoms with E-state index < -0.39 is 0 Å². The molecule has 0 spiro atoms. The Labute approximate surface area is 114 Å². The fourth-order valence-corrected chi connectivity index (χ4v) is 2.39. The number of hydrogen-bond acceptors (Lipinski definition) is 2. The molecular formula is C17H18O2. The first-order valence-corrected chi connectivity index (χ1v) is 6.62. The molecule has 1 fully saturated rings. The average molecular weight is 254 g/mol. The number of hydrogen-bond donors (Lipinski definition) is 0. The summed E-state index contributed by atoms with van der Waals surface area (Å²) < 4.78 is 11.3. The summed E-state index contributed by atoms with van der Waals surface area (Å²) in [6.45, 7) is 4.38. The zero-order valence-electron chi connectivity index (χ0n) is 11.1. The van der Waals surface area contributed by atoms with Crippen molar-refractivity contribution in [1.82, 2.24) is 0 Å². The Hall–Kier alpha value is -1.80. The zero-order valence-corrected chi connectivity index (χ0v) is 11.1. The number of ether oxygens (including phenoxy) is 2. The first-order valence-electron chi connectivity index (χ1n) is 6.62. The van der Waals surface area contributed by atoms with Crippen molar-refractivity contribution in [2.45, 2.75) is 18.9 Å². The van der Waals surface area contributed by atoms with Crippen LogP contribution in [-0.2, 0) is 16.8 Å². The molecule has 0 aromatic heterocycles. The van der Waals surface area contributed by atoms with Crippen molar-refractivity contribution < 1.29 is 9.47 Å². The minimum atomic E-state index is 0.104. The molecular weight excluding hydrogens is 236 g/mol. The molecule has 0 aliphatic carbocycles. The fraction of sp³-hybridized carbons (Fsp3) is 0.294. The molecule has 0 radical (unpaired) electrons. The molecule has 2 aromatic carbocycles. The Bertz CT molecular complexity index is 544. The van der Waals surface area contributed by atoms with Gasteiger partial charge in [0.1, 0.15) is 12.4 Å². The molecule has 3 rings (SSSR count). The predicted octanol–water partition coefficient (Wildman–Crippen LogP) is 3.55. The Morgan fingerprint density at radius 3 is 2.37 bits per heavy atom. The summed E-state index contributed by atoms with van der Waals surface area (Å²) in [4.78, 5) is 0. The third kappa shape index (κ3) is 2.49. The van der Waals surface area contributed by atoms with E-state index in [9.17, 15) is 0 Å². The molecule has 1 aliphatic heterocycles. The van der Waals surface area contributed by atoms with Gasteiger partial charge in [0.2, 0.25) is 0 Å². The molecule has 0 unspecified atom stereocenters. The van der Waals surface area contributed by atoms with Crippen LogP contribution in [0.3, 0.4) is 0 Å². The smallest absolute Gasteiger partial charge is 0.123 e. The molecule has 0 amide bonds. The average Bonchev–Trinajstić information content (AvgIpc) is 2.44. The lowest BCUT2D eigenvalue weighted by Crippen LogP contribution is -2.44. The second kappa shape index (κ2) is 5.06. The molecule has 2 heteroatoms. The predicted molar refractivity (Wildman–Crippen MR) is 75.4 cm³/mol. The Morgan fingerprint density at radius 1 is 1.00 bits per heavy atom. The minimum absolute atomic E-state index is 0.104. The van der Waals surface area contributed by atoms with Crippen molar-refractivity contribution in [2.75, 3.05) is 13.2 Å². The molecule has 1 heterocycles. The van der Waals surface area contributed by atoms with Crippen molar-refractivity contribution in [3.8, 4) is 5.75 Å². The van der Waals surface area contributed by atoms with Crippen LogP contribution in [0.1, 0.15) is 18.1 Å². The highest BCUT2D eigenvalue weighted by molar-refractivity contribution is 5.40. The van der Waals surface area contributed by atoms with Gasteiger partial charge in [-0.1, -0.05) is 55.5 Å². The summed E-state index contributed by atoms with van der Waals surface area (Å²) in [5.74, 6) is 0.970. The normalized spacial score (nSPS) is 16.7. The SMILES string of the molecule is CC1(c2ccccc2OCc2ccccc2)COC1. The van der Waals surface area contributed by atoms with Crippen molar-refractivity contribution in [2.24, 2.45) is 0 Å². The highest BCUT2D eigenvalue weighted by Crippen LogP contribution is 2.37. The molecule has 98 valence electrons. The van der Waals surface area contributed by atoms with Crippen LogP contribution >= 0.6 is 0 Å². The largest absolute Gasteiger partial charge is 0.489 e. The van der Waals surface area contributed by atoms with Gasteiger partial charge in [-0.25, -0.2) is 0 Å². The van der Waals surface area contributed by atoms with E-state index in [1.54, 1.807) is 0 Å². The van der Waals surface area contributed by atoms with Gasteiger partial charge >= 0.3 is 0 Å². The highest BCUT2D eigenvalue weighted by atomic mass is 16.5. The van der Waals surface area contributed by atoms with Crippen molar-refractivity contribution >= 4 is 0 Å². The summed E-state index contributed by atoms with van der Waals surface area (Å²) in [6, 6.07) is 18.5. The number of para-hydroxylation sites is 1. The van der Waals surface area contributed by atoms with E-state index in [1.165, 1.54) is 11.1 Å². The maximum absolute atomic E-state index is 5.99. The number of benzene rings is 2. The first kappa shape index (κ1) is 12.2. The lowest BCUT2D eigenvalue weighted by molar-refractivity contribution is -0.0511. The molecule has 2 nitrogen and oxygen atoms in total. The van der Waals surface area contributed by atoms with Gasteiger partial charge in [-0.2, -0.15) is 0 Å². The monoisotopic (exact) mass is 254 g/mol. The van der Waals surface area contributed by atoms with Crippen LogP contribution < -0.4 is 4.74 Å². The molecule has 0 saturated carbocycles. The van der Waals surface area contributed by atoms with Gasteiger partial charge in [0, 0.05) is 11.0 Å². The molecule has 1 saturated heterocycles. The Morgan fingerprint density at radius 2 is 1.68 bits per heavy atom. The second-order valence-corrected chi connectivity index (χ2v) is 5.32. The first-order chi connectivity index (χ1) is 9.28. The number of rotatable bonds is 4. The zero-order chi connectivity index (χ0) is 13.1. The van der Waals surface area contributed by atoms with Crippen LogP contribution in [0.2, 0.25) is 0 Å². The van der Waals surface area contributed by atoms with Gasteiger partial charge in [-0.15, -0.1) is 0 Å². The van der Waals surface area contributed by atoms with Crippen LogP contribution in [0.25, 0.3) is 0 Å². The maximum Gasteiger partial charge on any atom is 0.123 e. The summed E-state index contributed by atoms with van der Waals surface area (Å²) >= 11 is 0. The quantitative estimate of drug-likeness (QED) is 0.830. The van der Waals surface area contributed by atoms with Gasteiger partial charge < -0.3 is 9.47 Å². The molecule has 2 aromatic rings. The van der Waals surface area contributed by atoms with Gasteiger partial charge in [-0.3, -0.25) is 0 Å². The summed E-state index contributed by atoms with van der Waals surface area (Å²) in [7, 11) is 0. The van der Waals surface area contributed by atoms with E-state index in [-0.39, 0.29) is 5.41 Å². The third-order valence-electron chi connectivity index (χ3n) is 3.62. The standard InChI is InChI=1S/C17H18O2/c1-17(12-18-13-17)15-9-5-6-10-16(15)19-11-14-7-3-2-4-8-14/h2-10H,11-13H2,1H3. The Balaban J connectivity index is 1.78. The van der Waals surface area contributed by atoms with E-state index in [2.05, 4.69) is 31.2 Å². The molecule has 0 bridgehead atoms. The molecule has 0 atom stereocenters. The van der Waals surface area contributed by atoms with Gasteiger partial charge in [0.05, 0.1) is 13.2 Å².